The lowest BCUT2D eigenvalue weighted by Crippen LogP contribution is -2.59. The van der Waals surface area contributed by atoms with Crippen LogP contribution in [-0.2, 0) is 16.9 Å². The summed E-state index contributed by atoms with van der Waals surface area (Å²) in [5, 5.41) is 4.37. The first-order chi connectivity index (χ1) is 29.6. The molecule has 6 aromatic carbocycles. The van der Waals surface area contributed by atoms with Gasteiger partial charge >= 0.3 is 0 Å². The summed E-state index contributed by atoms with van der Waals surface area (Å²) >= 11 is 0. The first-order valence-electron chi connectivity index (χ1n) is 21.9. The predicted molar refractivity (Wildman–Crippen MR) is 247 cm³/mol. The molecule has 2 unspecified atom stereocenters. The Balaban J connectivity index is 1.46. The highest BCUT2D eigenvalue weighted by atomic mass is 16.5. The van der Waals surface area contributed by atoms with Crippen LogP contribution in [0.5, 0.6) is 11.5 Å². The summed E-state index contributed by atoms with van der Waals surface area (Å²) in [5.74, 6) is 1.47. The molecule has 0 amide bonds. The largest absolute Gasteiger partial charge is 0.493 e. The molecule has 8 rings (SSSR count). The Morgan fingerprint density at radius 1 is 0.467 bits per heavy atom. The van der Waals surface area contributed by atoms with Crippen LogP contribution in [0.15, 0.2) is 185 Å². The smallest absolute Gasteiger partial charge is 0.222 e. The van der Waals surface area contributed by atoms with Gasteiger partial charge in [0, 0.05) is 16.7 Å². The van der Waals surface area contributed by atoms with Crippen LogP contribution in [0.3, 0.4) is 0 Å². The van der Waals surface area contributed by atoms with Gasteiger partial charge in [-0.15, -0.1) is 0 Å². The summed E-state index contributed by atoms with van der Waals surface area (Å²) < 4.78 is 13.7. The van der Waals surface area contributed by atoms with E-state index in [4.69, 9.17) is 24.5 Å². The third-order valence-electron chi connectivity index (χ3n) is 11.7. The summed E-state index contributed by atoms with van der Waals surface area (Å²) in [6.07, 6.45) is 10.7. The van der Waals surface area contributed by atoms with Crippen LogP contribution < -0.4 is 14.8 Å². The van der Waals surface area contributed by atoms with Gasteiger partial charge in [-0.3, -0.25) is 15.3 Å². The third kappa shape index (κ3) is 7.84. The molecule has 0 saturated heterocycles. The van der Waals surface area contributed by atoms with Crippen LogP contribution in [0.4, 0.5) is 0 Å². The molecule has 2 aliphatic heterocycles. The molecule has 0 bridgehead atoms. The van der Waals surface area contributed by atoms with Gasteiger partial charge in [-0.05, 0) is 41.7 Å². The van der Waals surface area contributed by atoms with Gasteiger partial charge in [-0.2, -0.15) is 0 Å². The minimum absolute atomic E-state index is 0.580. The number of unbranched alkanes of at least 4 members (excludes halogenated alkanes) is 6. The summed E-state index contributed by atoms with van der Waals surface area (Å²) in [6.45, 7) is 5.63. The number of nitrogens with zero attached hydrogens (tertiary/aromatic N) is 3. The molecule has 2 aliphatic rings. The van der Waals surface area contributed by atoms with Crippen molar-refractivity contribution in [2.45, 2.75) is 82.1 Å². The Hall–Kier alpha value is -6.11. The maximum absolute atomic E-state index is 6.89. The van der Waals surface area contributed by atoms with Gasteiger partial charge in [-0.1, -0.05) is 210 Å². The normalized spacial score (nSPS) is 19.2. The van der Waals surface area contributed by atoms with E-state index in [2.05, 4.69) is 159 Å². The molecule has 1 N–H and O–H groups in total. The van der Waals surface area contributed by atoms with E-state index >= 15 is 0 Å². The van der Waals surface area contributed by atoms with Gasteiger partial charge in [0.05, 0.1) is 30.9 Å². The van der Waals surface area contributed by atoms with Gasteiger partial charge in [-0.25, -0.2) is 4.99 Å². The zero-order chi connectivity index (χ0) is 41.1. The SMILES string of the molecule is CCCCCCOc1ccccc1C1(C2(c3ccccc3OCCCCCC)N=C(c3ccccc3)C(c3ccccc3)(c3ccccc3)N2)N=CC(c2ccccc2)=N1. The third-order valence-corrected chi connectivity index (χ3v) is 11.7. The van der Waals surface area contributed by atoms with E-state index in [1.807, 2.05) is 36.5 Å². The highest BCUT2D eigenvalue weighted by Gasteiger charge is 2.66. The molecular formula is C54H56N4O2. The van der Waals surface area contributed by atoms with Crippen molar-refractivity contribution < 1.29 is 9.47 Å². The van der Waals surface area contributed by atoms with E-state index < -0.39 is 16.9 Å². The maximum atomic E-state index is 6.89. The Bertz CT molecular complexity index is 2360. The van der Waals surface area contributed by atoms with E-state index in [0.717, 1.165) is 94.8 Å². The zero-order valence-electron chi connectivity index (χ0n) is 35.0. The molecule has 0 fully saturated rings. The van der Waals surface area contributed by atoms with Gasteiger partial charge in [0.1, 0.15) is 17.0 Å². The summed E-state index contributed by atoms with van der Waals surface area (Å²) in [6, 6.07) is 58.8. The molecule has 6 heteroatoms. The zero-order valence-corrected chi connectivity index (χ0v) is 35.0. The van der Waals surface area contributed by atoms with Crippen LogP contribution in [0.1, 0.15) is 98.6 Å². The molecule has 0 radical (unpaired) electrons. The summed E-state index contributed by atoms with van der Waals surface area (Å²) in [5.41, 5.74) is 3.56. The molecule has 60 heavy (non-hydrogen) atoms. The molecular weight excluding hydrogens is 737 g/mol. The lowest BCUT2D eigenvalue weighted by atomic mass is 9.75. The van der Waals surface area contributed by atoms with Crippen molar-refractivity contribution >= 4 is 17.6 Å². The molecule has 2 atom stereocenters. The van der Waals surface area contributed by atoms with E-state index in [1.165, 1.54) is 12.8 Å². The first-order valence-corrected chi connectivity index (χ1v) is 21.9. The molecule has 0 aromatic heterocycles. The maximum Gasteiger partial charge on any atom is 0.222 e. The van der Waals surface area contributed by atoms with E-state index in [0.29, 0.717) is 13.2 Å². The molecule has 0 spiro atoms. The Morgan fingerprint density at radius 2 is 0.933 bits per heavy atom. The average molecular weight is 793 g/mol. The monoisotopic (exact) mass is 792 g/mol. The molecule has 304 valence electrons. The molecule has 2 heterocycles. The van der Waals surface area contributed by atoms with E-state index in [-0.39, 0.29) is 0 Å². The number of hydrogen-bond acceptors (Lipinski definition) is 6. The number of para-hydroxylation sites is 2. The van der Waals surface area contributed by atoms with E-state index in [9.17, 15) is 0 Å². The first kappa shape index (κ1) is 40.7. The van der Waals surface area contributed by atoms with Crippen molar-refractivity contribution in [1.82, 2.24) is 5.32 Å². The number of hydrogen-bond donors (Lipinski definition) is 1. The van der Waals surface area contributed by atoms with Crippen LogP contribution >= 0.6 is 0 Å². The molecule has 0 saturated carbocycles. The molecule has 0 aliphatic carbocycles. The van der Waals surface area contributed by atoms with Gasteiger partial charge in [0.2, 0.25) is 5.66 Å². The van der Waals surface area contributed by atoms with Crippen molar-refractivity contribution in [3.63, 3.8) is 0 Å². The second kappa shape index (κ2) is 18.9. The predicted octanol–water partition coefficient (Wildman–Crippen LogP) is 12.2. The fraction of sp³-hybridized carbons (Fsp3) is 0.278. The minimum atomic E-state index is -1.41. The lowest BCUT2D eigenvalue weighted by Gasteiger charge is -2.45. The quantitative estimate of drug-likeness (QED) is 0.0831. The van der Waals surface area contributed by atoms with Gasteiger partial charge < -0.3 is 9.47 Å². The van der Waals surface area contributed by atoms with Crippen molar-refractivity contribution in [2.75, 3.05) is 13.2 Å². The fourth-order valence-electron chi connectivity index (χ4n) is 8.76. The fourth-order valence-corrected chi connectivity index (χ4v) is 8.76. The van der Waals surface area contributed by atoms with Crippen molar-refractivity contribution in [2.24, 2.45) is 15.0 Å². The number of ether oxygens (including phenoxy) is 2. The Labute approximate surface area is 356 Å². The summed E-state index contributed by atoms with van der Waals surface area (Å²) in [4.78, 5) is 17.6. The van der Waals surface area contributed by atoms with Crippen LogP contribution in [0.25, 0.3) is 0 Å². The average Bonchev–Trinajstić information content (AvgIpc) is 3.94. The van der Waals surface area contributed by atoms with Crippen molar-refractivity contribution in [1.29, 1.82) is 0 Å². The number of aliphatic imine (C=N–C) groups is 3. The summed E-state index contributed by atoms with van der Waals surface area (Å²) in [7, 11) is 0. The van der Waals surface area contributed by atoms with Crippen molar-refractivity contribution in [3.8, 4) is 11.5 Å². The second-order valence-corrected chi connectivity index (χ2v) is 15.7. The van der Waals surface area contributed by atoms with Crippen molar-refractivity contribution in [3.05, 3.63) is 203 Å². The molecule has 6 nitrogen and oxygen atoms in total. The Morgan fingerprint density at radius 3 is 1.48 bits per heavy atom. The minimum Gasteiger partial charge on any atom is -0.493 e. The van der Waals surface area contributed by atoms with Gasteiger partial charge in [0.15, 0.2) is 5.66 Å². The lowest BCUT2D eigenvalue weighted by molar-refractivity contribution is 0.166. The van der Waals surface area contributed by atoms with Crippen LogP contribution in [-0.4, -0.2) is 30.9 Å². The van der Waals surface area contributed by atoms with Crippen LogP contribution in [0.2, 0.25) is 0 Å². The second-order valence-electron chi connectivity index (χ2n) is 15.7. The highest BCUT2D eigenvalue weighted by molar-refractivity contribution is 6.39. The topological polar surface area (TPSA) is 67.6 Å². The number of rotatable bonds is 19. The molecule has 6 aromatic rings. The van der Waals surface area contributed by atoms with E-state index in [1.54, 1.807) is 0 Å². The van der Waals surface area contributed by atoms with Gasteiger partial charge in [0.25, 0.3) is 0 Å². The number of nitrogens with one attached hydrogen (secondary N) is 1. The highest BCUT2D eigenvalue weighted by Crippen LogP contribution is 2.58. The van der Waals surface area contributed by atoms with Crippen LogP contribution in [0, 0.1) is 0 Å². The standard InChI is InChI=1S/C54H56N4O2/c1-3-5-7-25-39-59-49-37-23-21-35-46(49)53(55-41-48(56-53)42-27-13-9-14-28-42)54(47-36-22-24-38-50(47)60-40-26-8-6-4-2)57-51(43-29-15-10-16-30-43)52(58-54,44-31-17-11-18-32-44)45-33-19-12-20-34-45/h9-24,27-38,41,58H,3-8,25-26,39-40H2,1-2H3. The number of benzene rings is 6. The Kier molecular flexibility index (Phi) is 12.8.